The van der Waals surface area contributed by atoms with Crippen molar-refractivity contribution < 1.29 is 9.47 Å². The van der Waals surface area contributed by atoms with E-state index in [1.54, 1.807) is 14.2 Å². The summed E-state index contributed by atoms with van der Waals surface area (Å²) in [5.41, 5.74) is 8.08. The summed E-state index contributed by atoms with van der Waals surface area (Å²) in [6.45, 7) is 0. The van der Waals surface area contributed by atoms with Gasteiger partial charge in [0.15, 0.2) is 0 Å². The zero-order chi connectivity index (χ0) is 14.7. The van der Waals surface area contributed by atoms with E-state index in [1.165, 1.54) is 0 Å². The zero-order valence-corrected chi connectivity index (χ0v) is 13.5. The molecule has 3 nitrogen and oxygen atoms in total. The van der Waals surface area contributed by atoms with Crippen LogP contribution in [-0.4, -0.2) is 14.2 Å². The van der Waals surface area contributed by atoms with Crippen molar-refractivity contribution in [1.29, 1.82) is 0 Å². The average molecular weight is 357 g/mol. The van der Waals surface area contributed by atoms with Gasteiger partial charge in [0.1, 0.15) is 11.5 Å². The lowest BCUT2D eigenvalue weighted by Gasteiger charge is -2.18. The highest BCUT2D eigenvalue weighted by atomic mass is 79.9. The molecule has 0 spiro atoms. The maximum atomic E-state index is 6.33. The highest BCUT2D eigenvalue weighted by Gasteiger charge is 2.17. The maximum Gasteiger partial charge on any atom is 0.133 e. The number of methoxy groups -OCH3 is 2. The Bertz CT molecular complexity index is 619. The first-order valence-electron chi connectivity index (χ1n) is 5.99. The van der Waals surface area contributed by atoms with Crippen molar-refractivity contribution in [2.45, 2.75) is 6.04 Å². The van der Waals surface area contributed by atoms with Gasteiger partial charge in [-0.1, -0.05) is 23.7 Å². The van der Waals surface area contributed by atoms with E-state index in [-0.39, 0.29) is 6.04 Å². The molecule has 0 aromatic heterocycles. The molecule has 0 saturated carbocycles. The van der Waals surface area contributed by atoms with Crippen LogP contribution in [0.1, 0.15) is 17.2 Å². The molecule has 0 saturated heterocycles. The molecule has 2 N–H and O–H groups in total. The number of hydrogen-bond acceptors (Lipinski definition) is 3. The Morgan fingerprint density at radius 2 is 1.80 bits per heavy atom. The predicted octanol–water partition coefficient (Wildman–Crippen LogP) is 4.17. The summed E-state index contributed by atoms with van der Waals surface area (Å²) in [6.07, 6.45) is 0. The molecule has 1 unspecified atom stereocenters. The van der Waals surface area contributed by atoms with E-state index in [0.717, 1.165) is 15.6 Å². The van der Waals surface area contributed by atoms with Gasteiger partial charge in [0.2, 0.25) is 0 Å². The molecule has 0 aliphatic rings. The molecule has 0 radical (unpaired) electrons. The van der Waals surface area contributed by atoms with Gasteiger partial charge in [0.05, 0.1) is 24.7 Å². The third kappa shape index (κ3) is 3.08. The van der Waals surface area contributed by atoms with Crippen molar-refractivity contribution in [1.82, 2.24) is 0 Å². The molecule has 0 aliphatic heterocycles. The van der Waals surface area contributed by atoms with Crippen LogP contribution in [0.3, 0.4) is 0 Å². The van der Waals surface area contributed by atoms with Crippen molar-refractivity contribution in [3.63, 3.8) is 0 Å². The summed E-state index contributed by atoms with van der Waals surface area (Å²) < 4.78 is 11.5. The molecule has 5 heteroatoms. The van der Waals surface area contributed by atoms with E-state index in [1.807, 2.05) is 36.4 Å². The lowest BCUT2D eigenvalue weighted by Crippen LogP contribution is -2.13. The number of ether oxygens (including phenoxy) is 2. The van der Waals surface area contributed by atoms with Gasteiger partial charge < -0.3 is 15.2 Å². The number of nitrogens with two attached hydrogens (primary N) is 1. The monoisotopic (exact) mass is 355 g/mol. The van der Waals surface area contributed by atoms with Crippen molar-refractivity contribution in [3.8, 4) is 11.5 Å². The predicted molar refractivity (Wildman–Crippen MR) is 84.7 cm³/mol. The highest BCUT2D eigenvalue weighted by molar-refractivity contribution is 9.10. The molecule has 1 atom stereocenters. The summed E-state index contributed by atoms with van der Waals surface area (Å²) in [6, 6.07) is 10.8. The van der Waals surface area contributed by atoms with Gasteiger partial charge in [-0.3, -0.25) is 0 Å². The Morgan fingerprint density at radius 3 is 2.40 bits per heavy atom. The van der Waals surface area contributed by atoms with E-state index in [4.69, 9.17) is 26.8 Å². The SMILES string of the molecule is COc1cc(C(N)c2cccc(Cl)c2)c(OC)cc1Br. The molecule has 0 fully saturated rings. The first-order chi connectivity index (χ1) is 9.56. The molecule has 2 aromatic rings. The van der Waals surface area contributed by atoms with Gasteiger partial charge in [0, 0.05) is 10.6 Å². The summed E-state index contributed by atoms with van der Waals surface area (Å²) >= 11 is 9.45. The molecular weight excluding hydrogens is 342 g/mol. The summed E-state index contributed by atoms with van der Waals surface area (Å²) in [5.74, 6) is 1.41. The van der Waals surface area contributed by atoms with Crippen LogP contribution in [-0.2, 0) is 0 Å². The summed E-state index contributed by atoms with van der Waals surface area (Å²) in [4.78, 5) is 0. The Morgan fingerprint density at radius 1 is 1.10 bits per heavy atom. The van der Waals surface area contributed by atoms with Crippen LogP contribution in [0.15, 0.2) is 40.9 Å². The Hall–Kier alpha value is -1.23. The molecule has 20 heavy (non-hydrogen) atoms. The quantitative estimate of drug-likeness (QED) is 0.894. The third-order valence-electron chi connectivity index (χ3n) is 3.05. The molecule has 2 aromatic carbocycles. The highest BCUT2D eigenvalue weighted by Crippen LogP contribution is 2.37. The molecule has 2 rings (SSSR count). The Labute approximate surface area is 131 Å². The minimum atomic E-state index is -0.342. The van der Waals surface area contributed by atoms with E-state index >= 15 is 0 Å². The van der Waals surface area contributed by atoms with Crippen molar-refractivity contribution in [2.75, 3.05) is 14.2 Å². The van der Waals surface area contributed by atoms with Crippen LogP contribution in [0.4, 0.5) is 0 Å². The molecular formula is C15H15BrClNO2. The van der Waals surface area contributed by atoms with Crippen LogP contribution in [0, 0.1) is 0 Å². The lowest BCUT2D eigenvalue weighted by molar-refractivity contribution is 0.395. The second-order valence-corrected chi connectivity index (χ2v) is 5.55. The smallest absolute Gasteiger partial charge is 0.133 e. The van der Waals surface area contributed by atoms with Gasteiger partial charge >= 0.3 is 0 Å². The molecule has 106 valence electrons. The number of rotatable bonds is 4. The normalized spacial score (nSPS) is 12.1. The second-order valence-electron chi connectivity index (χ2n) is 4.26. The standard InChI is InChI=1S/C15H15BrClNO2/c1-19-13-8-12(16)14(20-2)7-11(13)15(18)9-4-3-5-10(17)6-9/h3-8,15H,18H2,1-2H3. The minimum absolute atomic E-state index is 0.342. The maximum absolute atomic E-state index is 6.33. The fraction of sp³-hybridized carbons (Fsp3) is 0.200. The number of benzene rings is 2. The first-order valence-corrected chi connectivity index (χ1v) is 7.16. The van der Waals surface area contributed by atoms with Crippen molar-refractivity contribution in [2.24, 2.45) is 5.73 Å². The van der Waals surface area contributed by atoms with E-state index in [0.29, 0.717) is 16.5 Å². The van der Waals surface area contributed by atoms with Crippen LogP contribution in [0.5, 0.6) is 11.5 Å². The number of hydrogen-bond donors (Lipinski definition) is 1. The first kappa shape index (κ1) is 15.2. The van der Waals surface area contributed by atoms with Crippen molar-refractivity contribution in [3.05, 3.63) is 57.0 Å². The summed E-state index contributed by atoms with van der Waals surface area (Å²) in [5, 5.41) is 0.654. The third-order valence-corrected chi connectivity index (χ3v) is 3.90. The van der Waals surface area contributed by atoms with Crippen LogP contribution >= 0.6 is 27.5 Å². The van der Waals surface area contributed by atoms with Gasteiger partial charge in [-0.2, -0.15) is 0 Å². The summed E-state index contributed by atoms with van der Waals surface area (Å²) in [7, 11) is 3.23. The van der Waals surface area contributed by atoms with E-state index < -0.39 is 0 Å². The van der Waals surface area contributed by atoms with Crippen LogP contribution < -0.4 is 15.2 Å². The molecule has 0 amide bonds. The van der Waals surface area contributed by atoms with Crippen molar-refractivity contribution >= 4 is 27.5 Å². The van der Waals surface area contributed by atoms with E-state index in [2.05, 4.69) is 15.9 Å². The van der Waals surface area contributed by atoms with Gasteiger partial charge in [0.25, 0.3) is 0 Å². The minimum Gasteiger partial charge on any atom is -0.496 e. The Kier molecular flexibility index (Phi) is 4.91. The van der Waals surface area contributed by atoms with Gasteiger partial charge in [-0.05, 0) is 45.8 Å². The van der Waals surface area contributed by atoms with Gasteiger partial charge in [-0.15, -0.1) is 0 Å². The molecule has 0 bridgehead atoms. The second kappa shape index (κ2) is 6.48. The zero-order valence-electron chi connectivity index (χ0n) is 11.2. The van der Waals surface area contributed by atoms with Crippen LogP contribution in [0.25, 0.3) is 0 Å². The fourth-order valence-corrected chi connectivity index (χ4v) is 2.69. The fourth-order valence-electron chi connectivity index (χ4n) is 2.01. The molecule has 0 heterocycles. The van der Waals surface area contributed by atoms with Crippen LogP contribution in [0.2, 0.25) is 5.02 Å². The van der Waals surface area contributed by atoms with E-state index in [9.17, 15) is 0 Å². The lowest BCUT2D eigenvalue weighted by atomic mass is 9.98. The topological polar surface area (TPSA) is 44.5 Å². The molecule has 0 aliphatic carbocycles. The average Bonchev–Trinajstić information content (AvgIpc) is 2.46. The number of halogens is 2. The largest absolute Gasteiger partial charge is 0.496 e. The Balaban J connectivity index is 2.50. The van der Waals surface area contributed by atoms with Gasteiger partial charge in [-0.25, -0.2) is 0 Å².